The molecule has 0 saturated carbocycles. The molecule has 3 aromatic rings. The zero-order chi connectivity index (χ0) is 20.4. The van der Waals surface area contributed by atoms with Crippen molar-refractivity contribution in [3.8, 4) is 0 Å². The van der Waals surface area contributed by atoms with E-state index in [0.717, 1.165) is 48.4 Å². The van der Waals surface area contributed by atoms with E-state index in [4.69, 9.17) is 11.6 Å². The van der Waals surface area contributed by atoms with Crippen LogP contribution in [0.4, 0.5) is 0 Å². The van der Waals surface area contributed by atoms with Gasteiger partial charge in [0, 0.05) is 49.2 Å². The first-order valence-electron chi connectivity index (χ1n) is 9.88. The lowest BCUT2D eigenvalue weighted by Crippen LogP contribution is -2.44. The minimum atomic E-state index is -0.174. The summed E-state index contributed by atoms with van der Waals surface area (Å²) in [6.07, 6.45) is 1.78. The average Bonchev–Trinajstić information content (AvgIpc) is 2.74. The summed E-state index contributed by atoms with van der Waals surface area (Å²) in [5.41, 5.74) is 2.28. The van der Waals surface area contributed by atoms with Crippen LogP contribution in [0.2, 0.25) is 5.02 Å². The number of aryl methyl sites for hydroxylation is 1. The third kappa shape index (κ3) is 4.36. The highest BCUT2D eigenvalue weighted by Crippen LogP contribution is 2.19. The van der Waals surface area contributed by atoms with Crippen LogP contribution in [0.25, 0.3) is 10.9 Å². The molecule has 1 saturated heterocycles. The van der Waals surface area contributed by atoms with Gasteiger partial charge in [-0.2, -0.15) is 0 Å². The summed E-state index contributed by atoms with van der Waals surface area (Å²) in [5.74, 6) is -0.171. The maximum absolute atomic E-state index is 12.9. The highest BCUT2D eigenvalue weighted by atomic mass is 35.5. The lowest BCUT2D eigenvalue weighted by atomic mass is 10.0. The van der Waals surface area contributed by atoms with Crippen LogP contribution in [0.1, 0.15) is 28.8 Å². The molecule has 1 N–H and O–H groups in total. The van der Waals surface area contributed by atoms with Gasteiger partial charge in [-0.15, -0.1) is 0 Å². The van der Waals surface area contributed by atoms with Crippen molar-refractivity contribution in [3.05, 3.63) is 81.1 Å². The molecular formula is C23H24ClN3O2. The van der Waals surface area contributed by atoms with Crippen molar-refractivity contribution in [3.63, 3.8) is 0 Å². The van der Waals surface area contributed by atoms with Gasteiger partial charge in [-0.1, -0.05) is 41.9 Å². The Labute approximate surface area is 174 Å². The second kappa shape index (κ2) is 8.39. The molecule has 1 fully saturated rings. The summed E-state index contributed by atoms with van der Waals surface area (Å²) in [6, 6.07) is 17.0. The van der Waals surface area contributed by atoms with Crippen LogP contribution in [0.15, 0.2) is 59.4 Å². The van der Waals surface area contributed by atoms with Crippen molar-refractivity contribution in [2.75, 3.05) is 13.1 Å². The van der Waals surface area contributed by atoms with Crippen LogP contribution >= 0.6 is 11.6 Å². The number of likely N-dealkylation sites (tertiary alicyclic amines) is 1. The predicted molar refractivity (Wildman–Crippen MR) is 116 cm³/mol. The number of piperidine rings is 1. The van der Waals surface area contributed by atoms with Crippen LogP contribution in [0.3, 0.4) is 0 Å². The number of para-hydroxylation sites is 1. The van der Waals surface area contributed by atoms with Crippen molar-refractivity contribution in [2.45, 2.75) is 25.4 Å². The first-order chi connectivity index (χ1) is 14.0. The second-order valence-corrected chi connectivity index (χ2v) is 8.06. The third-order valence-electron chi connectivity index (χ3n) is 5.64. The van der Waals surface area contributed by atoms with Gasteiger partial charge in [-0.25, -0.2) is 0 Å². The Hall–Kier alpha value is -2.63. The Morgan fingerprint density at radius 1 is 1.10 bits per heavy atom. The molecule has 1 aliphatic rings. The monoisotopic (exact) mass is 409 g/mol. The van der Waals surface area contributed by atoms with Crippen LogP contribution in [-0.4, -0.2) is 34.5 Å². The number of hydrogen-bond donors (Lipinski definition) is 1. The minimum Gasteiger partial charge on any atom is -0.349 e. The molecule has 150 valence electrons. The fourth-order valence-corrected chi connectivity index (χ4v) is 4.07. The molecule has 29 heavy (non-hydrogen) atoms. The van der Waals surface area contributed by atoms with Gasteiger partial charge in [0.25, 0.3) is 11.5 Å². The lowest BCUT2D eigenvalue weighted by Gasteiger charge is -2.32. The molecule has 4 rings (SSSR count). The van der Waals surface area contributed by atoms with E-state index in [0.29, 0.717) is 5.56 Å². The molecule has 0 spiro atoms. The average molecular weight is 410 g/mol. The summed E-state index contributed by atoms with van der Waals surface area (Å²) in [7, 11) is 1.72. The van der Waals surface area contributed by atoms with Crippen molar-refractivity contribution >= 4 is 28.4 Å². The maximum Gasteiger partial charge on any atom is 0.252 e. The third-order valence-corrected chi connectivity index (χ3v) is 5.89. The number of fused-ring (bicyclic) bond motifs is 1. The number of benzene rings is 2. The lowest BCUT2D eigenvalue weighted by molar-refractivity contribution is 0.0910. The number of carbonyl (C=O) groups is 1. The van der Waals surface area contributed by atoms with Crippen molar-refractivity contribution in [1.82, 2.24) is 14.8 Å². The van der Waals surface area contributed by atoms with E-state index < -0.39 is 0 Å². The van der Waals surface area contributed by atoms with Gasteiger partial charge in [0.05, 0.1) is 11.1 Å². The standard InChI is InChI=1S/C23H24ClN3O2/c1-26-21-5-3-2-4-19(21)20(14-22(26)28)23(29)25-18-10-12-27(13-11-18)15-16-6-8-17(24)9-7-16/h2-9,14,18H,10-13,15H2,1H3,(H,25,29). The Morgan fingerprint density at radius 3 is 2.52 bits per heavy atom. The van der Waals surface area contributed by atoms with Crippen LogP contribution in [-0.2, 0) is 13.6 Å². The molecule has 0 radical (unpaired) electrons. The van der Waals surface area contributed by atoms with Crippen LogP contribution < -0.4 is 10.9 Å². The first kappa shape index (κ1) is 19.7. The van der Waals surface area contributed by atoms with E-state index in [9.17, 15) is 9.59 Å². The van der Waals surface area contributed by atoms with Crippen LogP contribution in [0, 0.1) is 0 Å². The molecule has 0 unspecified atom stereocenters. The molecule has 0 aliphatic carbocycles. The summed E-state index contributed by atoms with van der Waals surface area (Å²) in [5, 5.41) is 4.68. The van der Waals surface area contributed by atoms with Crippen molar-refractivity contribution < 1.29 is 4.79 Å². The largest absolute Gasteiger partial charge is 0.349 e. The molecule has 5 nitrogen and oxygen atoms in total. The van der Waals surface area contributed by atoms with Gasteiger partial charge in [-0.3, -0.25) is 14.5 Å². The van der Waals surface area contributed by atoms with E-state index in [-0.39, 0.29) is 17.5 Å². The summed E-state index contributed by atoms with van der Waals surface area (Å²) < 4.78 is 1.57. The number of nitrogens with one attached hydrogen (secondary N) is 1. The van der Waals surface area contributed by atoms with Gasteiger partial charge >= 0.3 is 0 Å². The molecule has 0 bridgehead atoms. The number of halogens is 1. The van der Waals surface area contributed by atoms with Gasteiger partial charge < -0.3 is 9.88 Å². The molecular weight excluding hydrogens is 386 g/mol. The van der Waals surface area contributed by atoms with Crippen molar-refractivity contribution in [1.29, 1.82) is 0 Å². The second-order valence-electron chi connectivity index (χ2n) is 7.62. The van der Waals surface area contributed by atoms with Gasteiger partial charge in [-0.05, 0) is 36.6 Å². The summed E-state index contributed by atoms with van der Waals surface area (Å²) in [6.45, 7) is 2.73. The molecule has 6 heteroatoms. The number of rotatable bonds is 4. The van der Waals surface area contributed by atoms with E-state index in [1.54, 1.807) is 11.6 Å². The number of nitrogens with zero attached hydrogens (tertiary/aromatic N) is 2. The predicted octanol–water partition coefficient (Wildman–Crippen LogP) is 3.59. The number of aromatic nitrogens is 1. The number of carbonyl (C=O) groups excluding carboxylic acids is 1. The SMILES string of the molecule is Cn1c(=O)cc(C(=O)NC2CCN(Cc3ccc(Cl)cc3)CC2)c2ccccc21. The van der Waals surface area contributed by atoms with E-state index in [1.807, 2.05) is 36.4 Å². The molecule has 2 aromatic carbocycles. The summed E-state index contributed by atoms with van der Waals surface area (Å²) in [4.78, 5) is 27.6. The fraction of sp³-hybridized carbons (Fsp3) is 0.304. The molecule has 1 aromatic heterocycles. The van der Waals surface area contributed by atoms with Crippen LogP contribution in [0.5, 0.6) is 0 Å². The Bertz CT molecular complexity index is 1080. The first-order valence-corrected chi connectivity index (χ1v) is 10.3. The summed E-state index contributed by atoms with van der Waals surface area (Å²) >= 11 is 5.95. The zero-order valence-corrected chi connectivity index (χ0v) is 17.2. The number of amides is 1. The van der Waals surface area contributed by atoms with E-state index >= 15 is 0 Å². The molecule has 0 atom stereocenters. The molecule has 2 heterocycles. The molecule has 1 amide bonds. The highest BCUT2D eigenvalue weighted by molar-refractivity contribution is 6.30. The normalized spacial score (nSPS) is 15.5. The zero-order valence-electron chi connectivity index (χ0n) is 16.4. The van der Waals surface area contributed by atoms with Gasteiger partial charge in [0.2, 0.25) is 0 Å². The Morgan fingerprint density at radius 2 is 1.79 bits per heavy atom. The highest BCUT2D eigenvalue weighted by Gasteiger charge is 2.22. The number of hydrogen-bond acceptors (Lipinski definition) is 3. The Kier molecular flexibility index (Phi) is 5.69. The van der Waals surface area contributed by atoms with Gasteiger partial charge in [0.15, 0.2) is 0 Å². The van der Waals surface area contributed by atoms with E-state index in [2.05, 4.69) is 22.3 Å². The minimum absolute atomic E-state index is 0.117. The quantitative estimate of drug-likeness (QED) is 0.716. The Balaban J connectivity index is 1.40. The van der Waals surface area contributed by atoms with Gasteiger partial charge in [0.1, 0.15) is 0 Å². The fourth-order valence-electron chi connectivity index (χ4n) is 3.95. The maximum atomic E-state index is 12.9. The number of pyridine rings is 1. The van der Waals surface area contributed by atoms with E-state index in [1.165, 1.54) is 11.6 Å². The molecule has 1 aliphatic heterocycles. The topological polar surface area (TPSA) is 54.3 Å². The van der Waals surface area contributed by atoms with Crippen molar-refractivity contribution in [2.24, 2.45) is 7.05 Å². The smallest absolute Gasteiger partial charge is 0.252 e.